The molecule has 104 valence electrons. The number of halogens is 2. The SMILES string of the molecule is CC(C)C(=O)Cc1ccc(-c2ccc(F)c(F)c2)cc1. The Morgan fingerprint density at radius 1 is 0.950 bits per heavy atom. The summed E-state index contributed by atoms with van der Waals surface area (Å²) in [6, 6.07) is 11.1. The Bertz CT molecular complexity index is 615. The summed E-state index contributed by atoms with van der Waals surface area (Å²) < 4.78 is 26.1. The zero-order valence-corrected chi connectivity index (χ0v) is 11.5. The molecule has 0 radical (unpaired) electrons. The highest BCUT2D eigenvalue weighted by molar-refractivity contribution is 5.82. The van der Waals surface area contributed by atoms with Crippen LogP contribution in [0.15, 0.2) is 42.5 Å². The highest BCUT2D eigenvalue weighted by Gasteiger charge is 2.09. The summed E-state index contributed by atoms with van der Waals surface area (Å²) in [7, 11) is 0. The van der Waals surface area contributed by atoms with E-state index in [0.717, 1.165) is 17.2 Å². The van der Waals surface area contributed by atoms with Crippen LogP contribution in [0.25, 0.3) is 11.1 Å². The summed E-state index contributed by atoms with van der Waals surface area (Å²) >= 11 is 0. The normalized spacial score (nSPS) is 10.8. The Balaban J connectivity index is 2.19. The number of carbonyl (C=O) groups is 1. The Labute approximate surface area is 117 Å². The second-order valence-electron chi connectivity index (χ2n) is 5.12. The molecule has 2 aromatic carbocycles. The van der Waals surface area contributed by atoms with Gasteiger partial charge in [0.1, 0.15) is 5.78 Å². The van der Waals surface area contributed by atoms with Crippen LogP contribution in [0.5, 0.6) is 0 Å². The fourth-order valence-corrected chi connectivity index (χ4v) is 1.90. The Morgan fingerprint density at radius 3 is 2.10 bits per heavy atom. The van der Waals surface area contributed by atoms with Crippen molar-refractivity contribution >= 4 is 5.78 Å². The van der Waals surface area contributed by atoms with Gasteiger partial charge in [-0.25, -0.2) is 8.78 Å². The minimum Gasteiger partial charge on any atom is -0.299 e. The van der Waals surface area contributed by atoms with Gasteiger partial charge < -0.3 is 0 Å². The predicted octanol–water partition coefficient (Wildman–Crippen LogP) is 4.40. The van der Waals surface area contributed by atoms with Crippen molar-refractivity contribution < 1.29 is 13.6 Å². The number of hydrogen-bond donors (Lipinski definition) is 0. The lowest BCUT2D eigenvalue weighted by atomic mass is 9.98. The smallest absolute Gasteiger partial charge is 0.159 e. The number of rotatable bonds is 4. The molecule has 20 heavy (non-hydrogen) atoms. The molecule has 0 unspecified atom stereocenters. The molecule has 0 heterocycles. The van der Waals surface area contributed by atoms with Gasteiger partial charge >= 0.3 is 0 Å². The standard InChI is InChI=1S/C17H16F2O/c1-11(2)17(20)9-12-3-5-13(6-4-12)14-7-8-15(18)16(19)10-14/h3-8,10-11H,9H2,1-2H3. The summed E-state index contributed by atoms with van der Waals surface area (Å²) in [4.78, 5) is 11.7. The third-order valence-corrected chi connectivity index (χ3v) is 3.23. The molecule has 0 N–H and O–H groups in total. The first-order valence-electron chi connectivity index (χ1n) is 6.54. The molecule has 2 rings (SSSR count). The second-order valence-corrected chi connectivity index (χ2v) is 5.12. The lowest BCUT2D eigenvalue weighted by Gasteiger charge is -2.06. The Hall–Kier alpha value is -2.03. The molecule has 1 nitrogen and oxygen atoms in total. The van der Waals surface area contributed by atoms with Crippen molar-refractivity contribution in [2.45, 2.75) is 20.3 Å². The van der Waals surface area contributed by atoms with Gasteiger partial charge in [0, 0.05) is 12.3 Å². The summed E-state index contributed by atoms with van der Waals surface area (Å²) in [5.41, 5.74) is 2.34. The molecule has 0 fully saturated rings. The average Bonchev–Trinajstić information content (AvgIpc) is 2.42. The van der Waals surface area contributed by atoms with Gasteiger partial charge in [-0.3, -0.25) is 4.79 Å². The van der Waals surface area contributed by atoms with E-state index in [-0.39, 0.29) is 11.7 Å². The molecule has 0 saturated heterocycles. The minimum absolute atomic E-state index is 0.0147. The lowest BCUT2D eigenvalue weighted by molar-refractivity contribution is -0.121. The fraction of sp³-hybridized carbons (Fsp3) is 0.235. The molecule has 0 aliphatic heterocycles. The average molecular weight is 274 g/mol. The van der Waals surface area contributed by atoms with E-state index in [2.05, 4.69) is 0 Å². The Morgan fingerprint density at radius 2 is 1.55 bits per heavy atom. The monoisotopic (exact) mass is 274 g/mol. The predicted molar refractivity (Wildman–Crippen MR) is 75.3 cm³/mol. The maximum atomic E-state index is 13.2. The summed E-state index contributed by atoms with van der Waals surface area (Å²) in [6.45, 7) is 3.75. The van der Waals surface area contributed by atoms with Crippen LogP contribution in [0.3, 0.4) is 0 Å². The number of hydrogen-bond acceptors (Lipinski definition) is 1. The van der Waals surface area contributed by atoms with Gasteiger partial charge in [0.25, 0.3) is 0 Å². The molecule has 0 bridgehead atoms. The molecule has 0 amide bonds. The van der Waals surface area contributed by atoms with Gasteiger partial charge in [-0.05, 0) is 28.8 Å². The summed E-state index contributed by atoms with van der Waals surface area (Å²) in [5.74, 6) is -1.51. The van der Waals surface area contributed by atoms with Gasteiger partial charge in [0.05, 0.1) is 0 Å². The van der Waals surface area contributed by atoms with Crippen LogP contribution in [-0.2, 0) is 11.2 Å². The molecule has 0 spiro atoms. The highest BCUT2D eigenvalue weighted by Crippen LogP contribution is 2.22. The van der Waals surface area contributed by atoms with Crippen molar-refractivity contribution in [3.8, 4) is 11.1 Å². The van der Waals surface area contributed by atoms with E-state index < -0.39 is 11.6 Å². The van der Waals surface area contributed by atoms with Gasteiger partial charge in [-0.15, -0.1) is 0 Å². The van der Waals surface area contributed by atoms with Crippen LogP contribution in [0.4, 0.5) is 8.78 Å². The van der Waals surface area contributed by atoms with Crippen molar-refractivity contribution in [2.24, 2.45) is 5.92 Å². The number of ketones is 1. The van der Waals surface area contributed by atoms with Crippen molar-refractivity contribution in [1.29, 1.82) is 0 Å². The van der Waals surface area contributed by atoms with E-state index in [1.807, 2.05) is 38.1 Å². The lowest BCUT2D eigenvalue weighted by Crippen LogP contribution is -2.09. The van der Waals surface area contributed by atoms with E-state index in [9.17, 15) is 13.6 Å². The van der Waals surface area contributed by atoms with E-state index >= 15 is 0 Å². The van der Waals surface area contributed by atoms with Crippen molar-refractivity contribution in [3.05, 3.63) is 59.7 Å². The quantitative estimate of drug-likeness (QED) is 0.807. The van der Waals surface area contributed by atoms with E-state index in [0.29, 0.717) is 12.0 Å². The molecule has 3 heteroatoms. The zero-order valence-electron chi connectivity index (χ0n) is 11.5. The minimum atomic E-state index is -0.860. The highest BCUT2D eigenvalue weighted by atomic mass is 19.2. The molecular weight excluding hydrogens is 258 g/mol. The summed E-state index contributed by atoms with van der Waals surface area (Å²) in [6.07, 6.45) is 0.399. The van der Waals surface area contributed by atoms with Crippen LogP contribution in [0, 0.1) is 17.6 Å². The zero-order chi connectivity index (χ0) is 14.7. The van der Waals surface area contributed by atoms with E-state index in [4.69, 9.17) is 0 Å². The third-order valence-electron chi connectivity index (χ3n) is 3.23. The van der Waals surface area contributed by atoms with E-state index in [1.165, 1.54) is 12.1 Å². The van der Waals surface area contributed by atoms with Crippen molar-refractivity contribution in [1.82, 2.24) is 0 Å². The van der Waals surface area contributed by atoms with Gasteiger partial charge in [-0.1, -0.05) is 44.2 Å². The fourth-order valence-electron chi connectivity index (χ4n) is 1.90. The first-order valence-corrected chi connectivity index (χ1v) is 6.54. The Kier molecular flexibility index (Phi) is 4.28. The second kappa shape index (κ2) is 5.95. The van der Waals surface area contributed by atoms with Gasteiger partial charge in [-0.2, -0.15) is 0 Å². The van der Waals surface area contributed by atoms with Gasteiger partial charge in [0.2, 0.25) is 0 Å². The maximum Gasteiger partial charge on any atom is 0.159 e. The molecule has 0 aromatic heterocycles. The molecule has 2 aromatic rings. The number of Topliss-reactive ketones (excluding diaryl/α,β-unsaturated/α-hetero) is 1. The topological polar surface area (TPSA) is 17.1 Å². The third kappa shape index (κ3) is 3.29. The number of carbonyl (C=O) groups excluding carboxylic acids is 1. The first-order chi connectivity index (χ1) is 9.47. The molecule has 0 aliphatic rings. The van der Waals surface area contributed by atoms with Crippen molar-refractivity contribution in [3.63, 3.8) is 0 Å². The molecule has 0 aliphatic carbocycles. The molecule has 0 atom stereocenters. The van der Waals surface area contributed by atoms with Crippen molar-refractivity contribution in [2.75, 3.05) is 0 Å². The van der Waals surface area contributed by atoms with Crippen LogP contribution < -0.4 is 0 Å². The largest absolute Gasteiger partial charge is 0.299 e. The van der Waals surface area contributed by atoms with Gasteiger partial charge in [0.15, 0.2) is 11.6 Å². The molecular formula is C17H16F2O. The van der Waals surface area contributed by atoms with Crippen LogP contribution in [0.1, 0.15) is 19.4 Å². The van der Waals surface area contributed by atoms with Crippen LogP contribution >= 0.6 is 0 Å². The first kappa shape index (κ1) is 14.4. The number of benzene rings is 2. The van der Waals surface area contributed by atoms with E-state index in [1.54, 1.807) is 0 Å². The summed E-state index contributed by atoms with van der Waals surface area (Å²) in [5, 5.41) is 0. The van der Waals surface area contributed by atoms with Crippen LogP contribution in [-0.4, -0.2) is 5.78 Å². The van der Waals surface area contributed by atoms with Crippen LogP contribution in [0.2, 0.25) is 0 Å². The molecule has 0 saturated carbocycles. The maximum absolute atomic E-state index is 13.2.